The highest BCUT2D eigenvalue weighted by Gasteiger charge is 2.77. The van der Waals surface area contributed by atoms with Gasteiger partial charge in [0.2, 0.25) is 23.4 Å². The van der Waals surface area contributed by atoms with Gasteiger partial charge in [-0.2, -0.15) is 0 Å². The molecular weight excluding hydrogens is 750 g/mol. The number of carbonyl (C=O) groups excluding carboxylic acids is 4. The van der Waals surface area contributed by atoms with Crippen molar-refractivity contribution in [2.45, 2.75) is 28.5 Å². The molecule has 17 heteroatoms. The lowest BCUT2D eigenvalue weighted by atomic mass is 9.56. The molecule has 0 bridgehead atoms. The number of imide groups is 2. The average molecular weight is 772 g/mol. The van der Waals surface area contributed by atoms with Crippen LogP contribution < -0.4 is 19.3 Å². The van der Waals surface area contributed by atoms with Crippen LogP contribution in [0.25, 0.3) is 0 Å². The number of benzene rings is 3. The number of allylic oxidation sites excluding steroid dienone is 2. The Hall–Kier alpha value is -4.40. The minimum absolute atomic E-state index is 0.0114. The normalized spacial score (nSPS) is 28.5. The van der Waals surface area contributed by atoms with Crippen LogP contribution in [0.5, 0.6) is 17.2 Å². The molecular formula is C34H22Cl3F5N2O7. The maximum Gasteiger partial charge on any atom is 0.258 e. The number of methoxy groups -OCH3 is 2. The van der Waals surface area contributed by atoms with E-state index in [-0.39, 0.29) is 39.6 Å². The Balaban J connectivity index is 1.46. The Bertz CT molecular complexity index is 2080. The molecule has 6 atom stereocenters. The first-order valence-electron chi connectivity index (χ1n) is 15.1. The van der Waals surface area contributed by atoms with E-state index in [1.54, 1.807) is 0 Å². The predicted molar refractivity (Wildman–Crippen MR) is 172 cm³/mol. The fraction of sp³-hybridized carbons (Fsp3) is 0.294. The summed E-state index contributed by atoms with van der Waals surface area (Å²) >= 11 is 20.3. The van der Waals surface area contributed by atoms with Crippen molar-refractivity contribution in [3.05, 3.63) is 87.7 Å². The number of amides is 4. The van der Waals surface area contributed by atoms with Crippen molar-refractivity contribution in [1.29, 1.82) is 0 Å². The molecule has 2 heterocycles. The monoisotopic (exact) mass is 770 g/mol. The molecule has 266 valence electrons. The fourth-order valence-corrected chi connectivity index (χ4v) is 8.93. The van der Waals surface area contributed by atoms with Crippen LogP contribution in [0.4, 0.5) is 33.3 Å². The number of halogens is 8. The van der Waals surface area contributed by atoms with Crippen LogP contribution in [-0.2, 0) is 19.2 Å². The van der Waals surface area contributed by atoms with Crippen molar-refractivity contribution < 1.29 is 55.7 Å². The van der Waals surface area contributed by atoms with Gasteiger partial charge in [0.1, 0.15) is 5.69 Å². The number of hydrogen-bond donors (Lipinski definition) is 1. The molecule has 51 heavy (non-hydrogen) atoms. The third kappa shape index (κ3) is 4.51. The third-order valence-corrected chi connectivity index (χ3v) is 11.8. The lowest BCUT2D eigenvalue weighted by Crippen LogP contribution is -2.60. The molecule has 3 fully saturated rings. The zero-order valence-corrected chi connectivity index (χ0v) is 28.3. The molecule has 1 N–H and O–H groups in total. The summed E-state index contributed by atoms with van der Waals surface area (Å²) in [5.41, 5.74) is -1.51. The first-order chi connectivity index (χ1) is 24.0. The second-order valence-electron chi connectivity index (χ2n) is 12.5. The van der Waals surface area contributed by atoms with Crippen LogP contribution in [0, 0.1) is 46.8 Å². The molecule has 1 saturated carbocycles. The fourth-order valence-electron chi connectivity index (χ4n) is 7.87. The van der Waals surface area contributed by atoms with E-state index in [1.165, 1.54) is 56.7 Å². The zero-order chi connectivity index (χ0) is 37.1. The van der Waals surface area contributed by atoms with Crippen LogP contribution in [0.1, 0.15) is 24.3 Å². The Morgan fingerprint density at radius 2 is 1.33 bits per heavy atom. The number of alkyl halides is 2. The lowest BCUT2D eigenvalue weighted by molar-refractivity contribution is -0.125. The van der Waals surface area contributed by atoms with Gasteiger partial charge in [0.05, 0.1) is 31.7 Å². The van der Waals surface area contributed by atoms with Gasteiger partial charge in [0.15, 0.2) is 44.5 Å². The Morgan fingerprint density at radius 1 is 0.784 bits per heavy atom. The van der Waals surface area contributed by atoms with Crippen molar-refractivity contribution in [1.82, 2.24) is 0 Å². The number of anilines is 2. The maximum absolute atomic E-state index is 15.3. The maximum atomic E-state index is 15.3. The lowest BCUT2D eigenvalue weighted by Gasteiger charge is -2.50. The molecule has 3 aromatic rings. The molecule has 4 amide bonds. The van der Waals surface area contributed by atoms with Crippen LogP contribution in [0.3, 0.4) is 0 Å². The molecule has 4 aliphatic rings. The molecule has 0 unspecified atom stereocenters. The number of carbonyl (C=O) groups is 4. The van der Waals surface area contributed by atoms with Gasteiger partial charge >= 0.3 is 0 Å². The number of phenolic OH excluding ortho intramolecular Hbond substituents is 1. The Labute approximate surface area is 300 Å². The summed E-state index contributed by atoms with van der Waals surface area (Å²) in [5.74, 6) is -22.8. The summed E-state index contributed by atoms with van der Waals surface area (Å²) in [6.07, 6.45) is 0.788. The zero-order valence-electron chi connectivity index (χ0n) is 26.1. The number of aromatic hydroxyl groups is 1. The van der Waals surface area contributed by atoms with Gasteiger partial charge in [-0.15, -0.1) is 23.2 Å². The van der Waals surface area contributed by atoms with E-state index in [0.29, 0.717) is 5.02 Å². The number of ether oxygens (including phenoxy) is 2. The first kappa shape index (κ1) is 35.0. The van der Waals surface area contributed by atoms with Gasteiger partial charge < -0.3 is 14.6 Å². The van der Waals surface area contributed by atoms with E-state index in [2.05, 4.69) is 0 Å². The van der Waals surface area contributed by atoms with Crippen molar-refractivity contribution in [3.63, 3.8) is 0 Å². The highest BCUT2D eigenvalue weighted by atomic mass is 35.5. The highest BCUT2D eigenvalue weighted by molar-refractivity contribution is 6.58. The number of rotatable bonds is 5. The van der Waals surface area contributed by atoms with Gasteiger partial charge in [-0.1, -0.05) is 23.3 Å². The quantitative estimate of drug-likeness (QED) is 0.0785. The second kappa shape index (κ2) is 11.8. The second-order valence-corrected chi connectivity index (χ2v) is 14.1. The van der Waals surface area contributed by atoms with Crippen LogP contribution in [-0.4, -0.2) is 52.7 Å². The van der Waals surface area contributed by atoms with E-state index in [9.17, 15) is 37.5 Å². The number of fused-ring (bicyclic) bond motifs is 4. The molecule has 0 spiro atoms. The van der Waals surface area contributed by atoms with Crippen LogP contribution in [0.2, 0.25) is 5.02 Å². The molecule has 2 aliphatic heterocycles. The van der Waals surface area contributed by atoms with Gasteiger partial charge in [0.25, 0.3) is 11.8 Å². The van der Waals surface area contributed by atoms with E-state index in [0.717, 1.165) is 4.90 Å². The number of nitrogens with zero attached hydrogens (tertiary/aromatic N) is 2. The van der Waals surface area contributed by atoms with Crippen molar-refractivity contribution in [3.8, 4) is 17.2 Å². The van der Waals surface area contributed by atoms with E-state index in [4.69, 9.17) is 44.3 Å². The van der Waals surface area contributed by atoms with Crippen molar-refractivity contribution in [2.75, 3.05) is 24.0 Å². The van der Waals surface area contributed by atoms with Gasteiger partial charge in [-0.3, -0.25) is 24.1 Å². The van der Waals surface area contributed by atoms with E-state index >= 15 is 8.78 Å². The summed E-state index contributed by atoms with van der Waals surface area (Å²) in [4.78, 5) is 52.0. The average Bonchev–Trinajstić information content (AvgIpc) is 3.45. The molecule has 2 saturated heterocycles. The Kier molecular flexibility index (Phi) is 8.12. The summed E-state index contributed by atoms with van der Waals surface area (Å²) in [6, 6.07) is 8.29. The van der Waals surface area contributed by atoms with Gasteiger partial charge in [-0.25, -0.2) is 26.9 Å². The van der Waals surface area contributed by atoms with Gasteiger partial charge in [0, 0.05) is 10.9 Å². The summed E-state index contributed by atoms with van der Waals surface area (Å²) < 4.78 is 84.1. The SMILES string of the molecule is COc1cc([C@H]2C3=CC[C@@H]4C(=O)N(c5ccc(Cl)cc5)C(=O)[C@@H]4[C@@H]3C[C@@]3(Cl)C(=O)N(c4c(F)c(F)c(F)c(F)c4F)C(=O)[C@@]23Cl)cc(OC)c1O. The topological polar surface area (TPSA) is 113 Å². The number of hydrogen-bond acceptors (Lipinski definition) is 7. The summed E-state index contributed by atoms with van der Waals surface area (Å²) in [6.45, 7) is 0. The molecule has 0 aromatic heterocycles. The molecule has 3 aromatic carbocycles. The van der Waals surface area contributed by atoms with Gasteiger partial charge in [-0.05, 0) is 60.7 Å². The van der Waals surface area contributed by atoms with Crippen molar-refractivity contribution >= 4 is 69.8 Å². The first-order valence-corrected chi connectivity index (χ1v) is 16.2. The predicted octanol–water partition coefficient (Wildman–Crippen LogP) is 6.53. The van der Waals surface area contributed by atoms with E-state index in [1.807, 2.05) is 0 Å². The van der Waals surface area contributed by atoms with E-state index < -0.39 is 104 Å². The van der Waals surface area contributed by atoms with Crippen LogP contribution >= 0.6 is 34.8 Å². The summed E-state index contributed by atoms with van der Waals surface area (Å²) in [7, 11) is 2.39. The minimum atomic E-state index is -2.77. The van der Waals surface area contributed by atoms with Crippen LogP contribution in [0.15, 0.2) is 48.0 Å². The molecule has 0 radical (unpaired) electrons. The smallest absolute Gasteiger partial charge is 0.258 e. The molecule has 2 aliphatic carbocycles. The largest absolute Gasteiger partial charge is 0.502 e. The summed E-state index contributed by atoms with van der Waals surface area (Å²) in [5, 5.41) is 11.0. The molecule has 9 nitrogen and oxygen atoms in total. The van der Waals surface area contributed by atoms with Crippen molar-refractivity contribution in [2.24, 2.45) is 17.8 Å². The minimum Gasteiger partial charge on any atom is -0.502 e. The third-order valence-electron chi connectivity index (χ3n) is 10.1. The number of phenols is 1. The standard InChI is InChI=1S/C34H22Cl3F5N2O7/c1-50-18-9-12(10-19(51-2)28(18)45)21-15-7-8-16-20(30(47)43(29(16)46)14-5-3-13(35)4-6-14)17(15)11-33(36)31(48)44(32(49)34(21,33)37)27-25(41)23(39)22(38)24(40)26(27)42/h3-7,9-10,16-17,20-21,45H,8,11H2,1-2H3/t16-,17+,20-,21-,33+,34-/m0/s1. The Morgan fingerprint density at radius 3 is 1.88 bits per heavy atom. The highest BCUT2D eigenvalue weighted by Crippen LogP contribution is 2.66. The molecule has 7 rings (SSSR count).